The maximum atomic E-state index is 4.08. The first-order valence-corrected chi connectivity index (χ1v) is 7.02. The molecule has 102 valence electrons. The molecule has 18 heavy (non-hydrogen) atoms. The lowest BCUT2D eigenvalue weighted by Gasteiger charge is -2.33. The molecule has 0 aliphatic carbocycles. The molecule has 1 N–H and O–H groups in total. The first-order chi connectivity index (χ1) is 8.57. The highest BCUT2D eigenvalue weighted by Gasteiger charge is 2.27. The predicted molar refractivity (Wildman–Crippen MR) is 74.6 cm³/mol. The number of aromatic nitrogens is 2. The van der Waals surface area contributed by atoms with Gasteiger partial charge in [0.1, 0.15) is 0 Å². The molecule has 0 amide bonds. The summed E-state index contributed by atoms with van der Waals surface area (Å²) in [6.07, 6.45) is 8.22. The van der Waals surface area contributed by atoms with Gasteiger partial charge in [0.2, 0.25) is 0 Å². The van der Waals surface area contributed by atoms with Crippen molar-refractivity contribution in [1.29, 1.82) is 0 Å². The first kappa shape index (κ1) is 13.6. The fourth-order valence-corrected chi connectivity index (χ4v) is 2.70. The zero-order valence-corrected chi connectivity index (χ0v) is 11.9. The second kappa shape index (κ2) is 5.85. The molecule has 2 rings (SSSR count). The maximum Gasteiger partial charge on any atom is 0.0945 e. The molecule has 1 unspecified atom stereocenters. The summed E-state index contributed by atoms with van der Waals surface area (Å²) in [7, 11) is 0. The lowest BCUT2D eigenvalue weighted by atomic mass is 10.1. The van der Waals surface area contributed by atoms with Gasteiger partial charge in [0.15, 0.2) is 0 Å². The van der Waals surface area contributed by atoms with E-state index in [1.165, 1.54) is 19.4 Å². The molecule has 1 aromatic heterocycles. The van der Waals surface area contributed by atoms with Crippen molar-refractivity contribution in [2.24, 2.45) is 0 Å². The second-order valence-corrected chi connectivity index (χ2v) is 6.07. The smallest absolute Gasteiger partial charge is 0.0945 e. The molecule has 1 saturated heterocycles. The largest absolute Gasteiger partial charge is 0.337 e. The minimum absolute atomic E-state index is 0.236. The molecule has 1 atom stereocenters. The molecule has 2 heterocycles. The molecule has 1 aliphatic rings. The van der Waals surface area contributed by atoms with Gasteiger partial charge in [0.25, 0.3) is 0 Å². The van der Waals surface area contributed by atoms with Crippen molar-refractivity contribution in [2.75, 3.05) is 19.6 Å². The van der Waals surface area contributed by atoms with Crippen LogP contribution >= 0.6 is 0 Å². The van der Waals surface area contributed by atoms with Gasteiger partial charge < -0.3 is 9.88 Å². The Balaban J connectivity index is 1.82. The van der Waals surface area contributed by atoms with Crippen molar-refractivity contribution < 1.29 is 0 Å². The Morgan fingerprint density at radius 2 is 2.22 bits per heavy atom. The van der Waals surface area contributed by atoms with Crippen LogP contribution in [0.15, 0.2) is 18.7 Å². The van der Waals surface area contributed by atoms with Crippen LogP contribution in [0.2, 0.25) is 0 Å². The molecule has 4 nitrogen and oxygen atoms in total. The summed E-state index contributed by atoms with van der Waals surface area (Å²) in [6, 6.07) is 0.682. The summed E-state index contributed by atoms with van der Waals surface area (Å²) >= 11 is 0. The Morgan fingerprint density at radius 1 is 1.39 bits per heavy atom. The van der Waals surface area contributed by atoms with Gasteiger partial charge in [0, 0.05) is 43.6 Å². The van der Waals surface area contributed by atoms with Crippen LogP contribution in [0.25, 0.3) is 0 Å². The Morgan fingerprint density at radius 3 is 2.94 bits per heavy atom. The Bertz CT molecular complexity index is 345. The summed E-state index contributed by atoms with van der Waals surface area (Å²) in [5.41, 5.74) is 0.236. The minimum atomic E-state index is 0.236. The van der Waals surface area contributed by atoms with Crippen molar-refractivity contribution in [2.45, 2.75) is 51.7 Å². The van der Waals surface area contributed by atoms with Crippen LogP contribution < -0.4 is 5.32 Å². The summed E-state index contributed by atoms with van der Waals surface area (Å²) in [6.45, 7) is 11.5. The highest BCUT2D eigenvalue weighted by molar-refractivity contribution is 4.87. The third kappa shape index (κ3) is 3.82. The lowest BCUT2D eigenvalue weighted by Crippen LogP contribution is -2.47. The topological polar surface area (TPSA) is 33.1 Å². The van der Waals surface area contributed by atoms with Crippen LogP contribution in [0.4, 0.5) is 0 Å². The number of rotatable bonds is 4. The van der Waals surface area contributed by atoms with Crippen LogP contribution in [0.5, 0.6) is 0 Å². The van der Waals surface area contributed by atoms with Gasteiger partial charge in [-0.1, -0.05) is 0 Å². The van der Waals surface area contributed by atoms with E-state index in [0.717, 1.165) is 19.6 Å². The van der Waals surface area contributed by atoms with Gasteiger partial charge in [-0.15, -0.1) is 0 Å². The molecule has 1 aliphatic heterocycles. The summed E-state index contributed by atoms with van der Waals surface area (Å²) in [5, 5.41) is 3.63. The molecule has 0 radical (unpaired) electrons. The Labute approximate surface area is 110 Å². The van der Waals surface area contributed by atoms with Gasteiger partial charge in [0.05, 0.1) is 6.33 Å². The quantitative estimate of drug-likeness (QED) is 0.883. The van der Waals surface area contributed by atoms with Crippen molar-refractivity contribution in [1.82, 2.24) is 19.8 Å². The van der Waals surface area contributed by atoms with Gasteiger partial charge >= 0.3 is 0 Å². The van der Waals surface area contributed by atoms with Crippen LogP contribution in [0.1, 0.15) is 33.6 Å². The van der Waals surface area contributed by atoms with Gasteiger partial charge in [-0.25, -0.2) is 4.98 Å². The highest BCUT2D eigenvalue weighted by atomic mass is 15.2. The monoisotopic (exact) mass is 250 g/mol. The standard InChI is InChI=1S/C14H26N4/c1-13-5-6-16-14(2,3)11-18(13)9-4-8-17-10-7-15-12-17/h7,10,12-13,16H,4-6,8-9,11H2,1-3H3. The molecule has 1 aromatic rings. The molecular weight excluding hydrogens is 224 g/mol. The van der Waals surface area contributed by atoms with Crippen LogP contribution in [0, 0.1) is 0 Å². The molecule has 1 fully saturated rings. The molecule has 4 heteroatoms. The number of hydrogen-bond acceptors (Lipinski definition) is 3. The maximum absolute atomic E-state index is 4.08. The van der Waals surface area contributed by atoms with E-state index >= 15 is 0 Å². The highest BCUT2D eigenvalue weighted by Crippen LogP contribution is 2.15. The van der Waals surface area contributed by atoms with E-state index in [9.17, 15) is 0 Å². The van der Waals surface area contributed by atoms with Crippen molar-refractivity contribution in [3.63, 3.8) is 0 Å². The third-order valence-electron chi connectivity index (χ3n) is 3.81. The zero-order valence-electron chi connectivity index (χ0n) is 11.9. The second-order valence-electron chi connectivity index (χ2n) is 6.07. The zero-order chi connectivity index (χ0) is 13.0. The Kier molecular flexibility index (Phi) is 4.40. The molecule has 0 bridgehead atoms. The van der Waals surface area contributed by atoms with Gasteiger partial charge in [-0.3, -0.25) is 4.90 Å². The average Bonchev–Trinajstić information content (AvgIpc) is 2.75. The van der Waals surface area contributed by atoms with Crippen molar-refractivity contribution in [3.05, 3.63) is 18.7 Å². The SMILES string of the molecule is CC1CCNC(C)(C)CN1CCCn1ccnc1. The van der Waals surface area contributed by atoms with E-state index in [1.54, 1.807) is 0 Å². The number of imidazole rings is 1. The molecular formula is C14H26N4. The van der Waals surface area contributed by atoms with E-state index in [4.69, 9.17) is 0 Å². The molecule has 0 spiro atoms. The summed E-state index contributed by atoms with van der Waals surface area (Å²) in [4.78, 5) is 6.70. The van der Waals surface area contributed by atoms with Crippen LogP contribution in [-0.2, 0) is 6.54 Å². The Hall–Kier alpha value is -0.870. The lowest BCUT2D eigenvalue weighted by molar-refractivity contribution is 0.176. The summed E-state index contributed by atoms with van der Waals surface area (Å²) < 4.78 is 2.16. The molecule has 0 saturated carbocycles. The van der Waals surface area contributed by atoms with E-state index in [2.05, 4.69) is 40.5 Å². The fraction of sp³-hybridized carbons (Fsp3) is 0.786. The predicted octanol–water partition coefficient (Wildman–Crippen LogP) is 1.74. The van der Waals surface area contributed by atoms with E-state index in [1.807, 2.05) is 18.7 Å². The minimum Gasteiger partial charge on any atom is -0.337 e. The van der Waals surface area contributed by atoms with Crippen molar-refractivity contribution >= 4 is 0 Å². The number of hydrogen-bond donors (Lipinski definition) is 1. The van der Waals surface area contributed by atoms with Crippen LogP contribution in [-0.4, -0.2) is 45.7 Å². The van der Waals surface area contributed by atoms with E-state index in [-0.39, 0.29) is 5.54 Å². The third-order valence-corrected chi connectivity index (χ3v) is 3.81. The first-order valence-electron chi connectivity index (χ1n) is 7.02. The number of nitrogens with one attached hydrogen (secondary N) is 1. The van der Waals surface area contributed by atoms with E-state index < -0.39 is 0 Å². The number of aryl methyl sites for hydroxylation is 1. The number of nitrogens with zero attached hydrogens (tertiary/aromatic N) is 3. The van der Waals surface area contributed by atoms with E-state index in [0.29, 0.717) is 6.04 Å². The van der Waals surface area contributed by atoms with Gasteiger partial charge in [-0.05, 0) is 40.2 Å². The van der Waals surface area contributed by atoms with Crippen molar-refractivity contribution in [3.8, 4) is 0 Å². The fourth-order valence-electron chi connectivity index (χ4n) is 2.70. The normalized spacial score (nSPS) is 24.9. The summed E-state index contributed by atoms with van der Waals surface area (Å²) in [5.74, 6) is 0. The molecule has 0 aromatic carbocycles. The van der Waals surface area contributed by atoms with Gasteiger partial charge in [-0.2, -0.15) is 0 Å². The van der Waals surface area contributed by atoms with Crippen LogP contribution in [0.3, 0.4) is 0 Å². The average molecular weight is 250 g/mol.